The van der Waals surface area contributed by atoms with Crippen LogP contribution in [0.15, 0.2) is 30.3 Å². The van der Waals surface area contributed by atoms with Gasteiger partial charge >= 0.3 is 5.97 Å². The zero-order chi connectivity index (χ0) is 53.1. The van der Waals surface area contributed by atoms with E-state index in [0.717, 1.165) is 0 Å². The maximum atomic E-state index is 14.5. The van der Waals surface area contributed by atoms with E-state index >= 15 is 0 Å². The molecule has 21 nitrogen and oxygen atoms in total. The molecule has 396 valence electrons. The minimum Gasteiger partial charge on any atom is -0.480 e. The van der Waals surface area contributed by atoms with Crippen molar-refractivity contribution in [2.75, 3.05) is 19.6 Å². The van der Waals surface area contributed by atoms with E-state index in [2.05, 4.69) is 31.9 Å². The number of nitrogens with two attached hydrogens (primary N) is 2. The van der Waals surface area contributed by atoms with Gasteiger partial charge in [-0.25, -0.2) is 4.79 Å². The minimum absolute atomic E-state index is 0.00823. The lowest BCUT2D eigenvalue weighted by Gasteiger charge is -2.34. The molecule has 2 aliphatic rings. The Bertz CT molecular complexity index is 2020. The number of primary amides is 1. The van der Waals surface area contributed by atoms with Gasteiger partial charge in [-0.2, -0.15) is 0 Å². The van der Waals surface area contributed by atoms with Crippen molar-refractivity contribution < 1.29 is 53.1 Å². The average Bonchev–Trinajstić information content (AvgIpc) is 3.99. The monoisotopic (exact) mass is 997 g/mol. The van der Waals surface area contributed by atoms with Crippen LogP contribution >= 0.6 is 0 Å². The van der Waals surface area contributed by atoms with Crippen molar-refractivity contribution in [3.8, 4) is 0 Å². The molecular formula is C50H80N10O11. The van der Waals surface area contributed by atoms with Crippen LogP contribution in [-0.2, 0) is 54.4 Å². The molecule has 3 rings (SSSR count). The number of carbonyl (C=O) groups is 10. The molecule has 0 aliphatic carbocycles. The number of hydrogen-bond acceptors (Lipinski definition) is 11. The van der Waals surface area contributed by atoms with Crippen molar-refractivity contribution in [2.45, 2.75) is 174 Å². The minimum atomic E-state index is -1.43. The lowest BCUT2D eigenvalue weighted by molar-refractivity contribution is -0.149. The quantitative estimate of drug-likeness (QED) is 0.0558. The Labute approximate surface area is 417 Å². The average molecular weight is 997 g/mol. The number of nitrogens with one attached hydrogen (secondary N) is 6. The molecule has 2 fully saturated rings. The highest BCUT2D eigenvalue weighted by atomic mass is 16.4. The number of carbonyl (C=O) groups excluding carboxylic acids is 9. The first-order valence-electron chi connectivity index (χ1n) is 25.1. The SMILES string of the molecule is CC(C)C[C@H](NC(=O)[C@@H]1CCCN1C(=O)[C@@H]1CCCN1C(=O)[C@H](CC(C)C)NC(=O)[C@H](CCC(N)=O)NC(=O)[C@H](Cc1ccccc1)NC(=O)CNC(=O)[C@H](CC(C)C)NC(=O)[C@@H](N)CC(C)C)C(=O)O. The van der Waals surface area contributed by atoms with E-state index in [-0.39, 0.29) is 75.3 Å². The van der Waals surface area contributed by atoms with Crippen LogP contribution in [0.5, 0.6) is 0 Å². The molecule has 1 aromatic carbocycles. The second-order valence-electron chi connectivity index (χ2n) is 20.6. The zero-order valence-electron chi connectivity index (χ0n) is 42.8. The fourth-order valence-corrected chi connectivity index (χ4v) is 8.93. The maximum Gasteiger partial charge on any atom is 0.326 e. The number of rotatable bonds is 28. The van der Waals surface area contributed by atoms with Gasteiger partial charge in [-0.15, -0.1) is 0 Å². The number of aliphatic carboxylic acids is 1. The lowest BCUT2D eigenvalue weighted by Crippen LogP contribution is -2.59. The molecule has 2 aliphatic heterocycles. The van der Waals surface area contributed by atoms with Crippen LogP contribution < -0.4 is 43.4 Å². The Balaban J connectivity index is 1.81. The van der Waals surface area contributed by atoms with Crippen molar-refractivity contribution in [1.29, 1.82) is 0 Å². The van der Waals surface area contributed by atoms with Gasteiger partial charge in [0, 0.05) is 25.9 Å². The first-order chi connectivity index (χ1) is 33.4. The Morgan fingerprint density at radius 1 is 0.606 bits per heavy atom. The van der Waals surface area contributed by atoms with Crippen LogP contribution in [0.25, 0.3) is 0 Å². The van der Waals surface area contributed by atoms with Gasteiger partial charge in [0.15, 0.2) is 0 Å². The summed E-state index contributed by atoms with van der Waals surface area (Å²) < 4.78 is 0. The molecule has 0 saturated carbocycles. The summed E-state index contributed by atoms with van der Waals surface area (Å²) in [5.74, 6) is -7.11. The van der Waals surface area contributed by atoms with Gasteiger partial charge in [0.1, 0.15) is 42.3 Å². The molecular weight excluding hydrogens is 917 g/mol. The van der Waals surface area contributed by atoms with Gasteiger partial charge in [0.05, 0.1) is 12.6 Å². The summed E-state index contributed by atoms with van der Waals surface area (Å²) in [6, 6.07) is -0.0708. The van der Waals surface area contributed by atoms with E-state index in [9.17, 15) is 53.1 Å². The number of carboxylic acid groups (broad SMARTS) is 1. The summed E-state index contributed by atoms with van der Waals surface area (Å²) in [6.45, 7) is 14.8. The molecule has 0 aromatic heterocycles. The molecule has 9 amide bonds. The van der Waals surface area contributed by atoms with E-state index in [4.69, 9.17) is 11.5 Å². The molecule has 2 saturated heterocycles. The number of benzene rings is 1. The molecule has 0 spiro atoms. The molecule has 0 bridgehead atoms. The van der Waals surface area contributed by atoms with Gasteiger partial charge < -0.3 is 58.3 Å². The fourth-order valence-electron chi connectivity index (χ4n) is 8.93. The number of carboxylic acids is 1. The molecule has 0 unspecified atom stereocenters. The molecule has 1 aromatic rings. The van der Waals surface area contributed by atoms with E-state index in [1.807, 2.05) is 55.4 Å². The van der Waals surface area contributed by atoms with Crippen molar-refractivity contribution >= 4 is 59.1 Å². The predicted octanol–water partition coefficient (Wildman–Crippen LogP) is 0.613. The third-order valence-electron chi connectivity index (χ3n) is 12.4. The first-order valence-corrected chi connectivity index (χ1v) is 25.1. The maximum absolute atomic E-state index is 14.5. The number of amides is 9. The van der Waals surface area contributed by atoms with Crippen LogP contribution in [0.4, 0.5) is 0 Å². The molecule has 21 heteroatoms. The van der Waals surface area contributed by atoms with Crippen LogP contribution in [0, 0.1) is 23.7 Å². The van der Waals surface area contributed by atoms with E-state index < -0.39 is 114 Å². The highest BCUT2D eigenvalue weighted by Gasteiger charge is 2.44. The Morgan fingerprint density at radius 3 is 1.70 bits per heavy atom. The molecule has 71 heavy (non-hydrogen) atoms. The highest BCUT2D eigenvalue weighted by Crippen LogP contribution is 2.27. The second-order valence-corrected chi connectivity index (χ2v) is 20.6. The van der Waals surface area contributed by atoms with Gasteiger partial charge in [-0.05, 0) is 87.0 Å². The summed E-state index contributed by atoms with van der Waals surface area (Å²) in [4.78, 5) is 137. The number of likely N-dealkylation sites (tertiary alicyclic amines) is 2. The summed E-state index contributed by atoms with van der Waals surface area (Å²) >= 11 is 0. The summed E-state index contributed by atoms with van der Waals surface area (Å²) in [5.41, 5.74) is 12.2. The predicted molar refractivity (Wildman–Crippen MR) is 264 cm³/mol. The third kappa shape index (κ3) is 19.5. The second kappa shape index (κ2) is 28.7. The molecule has 0 radical (unpaired) electrons. The molecule has 8 atom stereocenters. The van der Waals surface area contributed by atoms with Crippen LogP contribution in [0.1, 0.15) is 125 Å². The van der Waals surface area contributed by atoms with Crippen LogP contribution in [0.2, 0.25) is 0 Å². The van der Waals surface area contributed by atoms with Crippen LogP contribution in [0.3, 0.4) is 0 Å². The molecule has 2 heterocycles. The third-order valence-corrected chi connectivity index (χ3v) is 12.4. The fraction of sp³-hybridized carbons (Fsp3) is 0.680. The topological polar surface area (TPSA) is 322 Å². The van der Waals surface area contributed by atoms with E-state index in [1.165, 1.54) is 9.80 Å². The van der Waals surface area contributed by atoms with Gasteiger partial charge in [-0.1, -0.05) is 85.7 Å². The summed E-state index contributed by atoms with van der Waals surface area (Å²) in [6.07, 6.45) is 1.91. The highest BCUT2D eigenvalue weighted by molar-refractivity contribution is 5.98. The Hall–Kier alpha value is -6.12. The summed E-state index contributed by atoms with van der Waals surface area (Å²) in [7, 11) is 0. The molecule has 11 N–H and O–H groups in total. The number of hydrogen-bond donors (Lipinski definition) is 9. The Kier molecular flexibility index (Phi) is 23.9. The normalized spacial score (nSPS) is 18.3. The largest absolute Gasteiger partial charge is 0.480 e. The standard InChI is InChI=1S/C50H80N10O11/c1-28(2)22-33(51)43(63)56-35(23-29(3)4)44(64)53-27-42(62)54-36(26-32-14-10-9-11-15-32)46(66)55-34(18-19-41(52)61)45(65)57-37(24-30(5)6)48(68)60-21-13-17-40(60)49(69)59-20-12-16-39(59)47(67)58-38(50(70)71)25-31(7)8/h9-11,14-15,28-31,33-40H,12-13,16-27,51H2,1-8H3,(H2,52,61)(H,53,64)(H,54,62)(H,55,66)(H,56,63)(H,57,65)(H,58,67)(H,70,71)/t33-,34-,35-,36-,37-,38-,39-,40-/m0/s1. The van der Waals surface area contributed by atoms with Gasteiger partial charge in [-0.3, -0.25) is 43.2 Å². The van der Waals surface area contributed by atoms with Gasteiger partial charge in [0.25, 0.3) is 0 Å². The lowest BCUT2D eigenvalue weighted by atomic mass is 10.0. The van der Waals surface area contributed by atoms with Crippen molar-refractivity contribution in [3.63, 3.8) is 0 Å². The van der Waals surface area contributed by atoms with Crippen LogP contribution in [-0.4, -0.2) is 142 Å². The Morgan fingerprint density at radius 2 is 1.13 bits per heavy atom. The van der Waals surface area contributed by atoms with Crippen molar-refractivity contribution in [1.82, 2.24) is 41.7 Å². The summed E-state index contributed by atoms with van der Waals surface area (Å²) in [5, 5.41) is 25.6. The van der Waals surface area contributed by atoms with E-state index in [0.29, 0.717) is 37.7 Å². The number of nitrogens with zero attached hydrogens (tertiary/aromatic N) is 2. The van der Waals surface area contributed by atoms with Crippen molar-refractivity contribution in [2.24, 2.45) is 35.1 Å². The first kappa shape index (κ1) is 59.2. The van der Waals surface area contributed by atoms with Gasteiger partial charge in [0.2, 0.25) is 53.2 Å². The zero-order valence-corrected chi connectivity index (χ0v) is 42.8. The smallest absolute Gasteiger partial charge is 0.326 e. The van der Waals surface area contributed by atoms with Crippen molar-refractivity contribution in [3.05, 3.63) is 35.9 Å². The van der Waals surface area contributed by atoms with E-state index in [1.54, 1.807) is 30.3 Å².